The third-order valence-corrected chi connectivity index (χ3v) is 1.42. The fourth-order valence-corrected chi connectivity index (χ4v) is 0.843. The van der Waals surface area contributed by atoms with Crippen molar-refractivity contribution in [2.75, 3.05) is 19.8 Å². The van der Waals surface area contributed by atoms with Crippen LogP contribution in [0.15, 0.2) is 0 Å². The molecule has 0 aromatic heterocycles. The molecule has 0 bridgehead atoms. The molecule has 1 aliphatic rings. The molecule has 48 valence electrons. The number of nitrogens with zero attached hydrogens (tertiary/aromatic N) is 1. The van der Waals surface area contributed by atoms with Crippen LogP contribution in [0.4, 0.5) is 0 Å². The van der Waals surface area contributed by atoms with Crippen molar-refractivity contribution < 1.29 is 5.11 Å². The predicted octanol–water partition coefficient (Wildman–Crippen LogP) is -0.813. The Morgan fingerprint density at radius 2 is 2.50 bits per heavy atom. The summed E-state index contributed by atoms with van der Waals surface area (Å²) in [7, 11) is 0. The maximum absolute atomic E-state index is 8.94. The minimum Gasteiger partial charge on any atom is -0.379 e. The van der Waals surface area contributed by atoms with Crippen LogP contribution in [0.25, 0.3) is 0 Å². The van der Waals surface area contributed by atoms with E-state index in [9.17, 15) is 0 Å². The number of aliphatic hydroxyl groups excluding tert-OH is 1. The molecule has 1 saturated heterocycles. The lowest BCUT2D eigenvalue weighted by Crippen LogP contribution is -2.31. The molecular weight excluding hydrogens is 104 g/mol. The van der Waals surface area contributed by atoms with E-state index in [0.29, 0.717) is 0 Å². The highest BCUT2D eigenvalue weighted by molar-refractivity contribution is 4.65. The third-order valence-electron chi connectivity index (χ3n) is 1.42. The molecule has 1 atom stereocenters. The lowest BCUT2D eigenvalue weighted by atomic mass is 10.5. The standard InChI is InChI=1S/C5H12N2O/c1-5(8)7-3-2-6-4-7/h5-6,8H,2-4H2,1H3. The molecule has 0 aliphatic carbocycles. The van der Waals surface area contributed by atoms with Gasteiger partial charge in [-0.15, -0.1) is 0 Å². The molecule has 1 heterocycles. The molecule has 0 amide bonds. The van der Waals surface area contributed by atoms with Gasteiger partial charge in [-0.05, 0) is 6.92 Å². The largest absolute Gasteiger partial charge is 0.379 e. The Hall–Kier alpha value is -0.120. The van der Waals surface area contributed by atoms with Crippen LogP contribution in [-0.2, 0) is 0 Å². The third kappa shape index (κ3) is 1.18. The van der Waals surface area contributed by atoms with Crippen molar-refractivity contribution >= 4 is 0 Å². The van der Waals surface area contributed by atoms with E-state index < -0.39 is 0 Å². The molecule has 3 nitrogen and oxygen atoms in total. The molecule has 1 fully saturated rings. The first-order valence-corrected chi connectivity index (χ1v) is 2.93. The van der Waals surface area contributed by atoms with E-state index >= 15 is 0 Å². The summed E-state index contributed by atoms with van der Waals surface area (Å²) in [6.45, 7) is 4.59. The Morgan fingerprint density at radius 1 is 1.75 bits per heavy atom. The average Bonchev–Trinajstić information content (AvgIpc) is 2.12. The van der Waals surface area contributed by atoms with Gasteiger partial charge in [0.05, 0.1) is 6.67 Å². The monoisotopic (exact) mass is 116 g/mol. The highest BCUT2D eigenvalue weighted by atomic mass is 16.3. The Morgan fingerprint density at radius 3 is 2.75 bits per heavy atom. The lowest BCUT2D eigenvalue weighted by molar-refractivity contribution is 0.0360. The van der Waals surface area contributed by atoms with Gasteiger partial charge >= 0.3 is 0 Å². The number of hydrogen-bond acceptors (Lipinski definition) is 3. The molecule has 8 heavy (non-hydrogen) atoms. The molecule has 1 rings (SSSR count). The van der Waals surface area contributed by atoms with Crippen LogP contribution >= 0.6 is 0 Å². The van der Waals surface area contributed by atoms with Gasteiger partial charge in [0.15, 0.2) is 0 Å². The van der Waals surface area contributed by atoms with Crippen LogP contribution in [0, 0.1) is 0 Å². The topological polar surface area (TPSA) is 35.5 Å². The second-order valence-corrected chi connectivity index (χ2v) is 2.10. The van der Waals surface area contributed by atoms with Gasteiger partial charge in [-0.25, -0.2) is 0 Å². The number of rotatable bonds is 1. The fraction of sp³-hybridized carbons (Fsp3) is 1.00. The van der Waals surface area contributed by atoms with Gasteiger partial charge in [-0.1, -0.05) is 0 Å². The van der Waals surface area contributed by atoms with E-state index in [1.54, 1.807) is 6.92 Å². The maximum Gasteiger partial charge on any atom is 0.105 e. The van der Waals surface area contributed by atoms with Crippen LogP contribution in [0.1, 0.15) is 6.92 Å². The zero-order valence-corrected chi connectivity index (χ0v) is 5.09. The maximum atomic E-state index is 8.94. The van der Waals surface area contributed by atoms with E-state index in [2.05, 4.69) is 5.32 Å². The number of nitrogens with one attached hydrogen (secondary N) is 1. The first-order chi connectivity index (χ1) is 3.80. The van der Waals surface area contributed by atoms with Crippen molar-refractivity contribution in [2.24, 2.45) is 0 Å². The first-order valence-electron chi connectivity index (χ1n) is 2.93. The van der Waals surface area contributed by atoms with Crippen molar-refractivity contribution in [1.82, 2.24) is 10.2 Å². The molecule has 0 aromatic rings. The van der Waals surface area contributed by atoms with Crippen molar-refractivity contribution in [3.63, 3.8) is 0 Å². The van der Waals surface area contributed by atoms with Crippen LogP contribution in [0.2, 0.25) is 0 Å². The molecule has 3 heteroatoms. The molecule has 0 aromatic carbocycles. The SMILES string of the molecule is CC(O)N1CCNC1. The van der Waals surface area contributed by atoms with Crippen molar-refractivity contribution in [2.45, 2.75) is 13.2 Å². The lowest BCUT2D eigenvalue weighted by Gasteiger charge is -2.16. The second-order valence-electron chi connectivity index (χ2n) is 2.10. The number of hydrogen-bond donors (Lipinski definition) is 2. The Bertz CT molecular complexity index is 68.8. The second kappa shape index (κ2) is 2.44. The van der Waals surface area contributed by atoms with Gasteiger partial charge in [0.1, 0.15) is 6.23 Å². The van der Waals surface area contributed by atoms with E-state index in [1.165, 1.54) is 0 Å². The minimum atomic E-state index is -0.287. The highest BCUT2D eigenvalue weighted by Gasteiger charge is 2.13. The van der Waals surface area contributed by atoms with Crippen molar-refractivity contribution in [3.05, 3.63) is 0 Å². The summed E-state index contributed by atoms with van der Waals surface area (Å²) in [5.41, 5.74) is 0. The van der Waals surface area contributed by atoms with Crippen molar-refractivity contribution in [3.8, 4) is 0 Å². The summed E-state index contributed by atoms with van der Waals surface area (Å²) in [4.78, 5) is 1.97. The summed E-state index contributed by atoms with van der Waals surface area (Å²) in [5, 5.41) is 12.1. The predicted molar refractivity (Wildman–Crippen MR) is 31.3 cm³/mol. The van der Waals surface area contributed by atoms with Crippen LogP contribution < -0.4 is 5.32 Å². The zero-order chi connectivity index (χ0) is 5.98. The van der Waals surface area contributed by atoms with Gasteiger partial charge in [0, 0.05) is 13.1 Å². The normalized spacial score (nSPS) is 26.2. The smallest absolute Gasteiger partial charge is 0.105 e. The van der Waals surface area contributed by atoms with Crippen LogP contribution in [-0.4, -0.2) is 36.0 Å². The van der Waals surface area contributed by atoms with E-state index in [4.69, 9.17) is 5.11 Å². The molecule has 1 unspecified atom stereocenters. The summed E-state index contributed by atoms with van der Waals surface area (Å²) in [6.07, 6.45) is -0.287. The first kappa shape index (κ1) is 6.01. The fourth-order valence-electron chi connectivity index (χ4n) is 0.843. The molecule has 1 aliphatic heterocycles. The van der Waals surface area contributed by atoms with E-state index in [0.717, 1.165) is 19.8 Å². The Balaban J connectivity index is 2.24. The molecule has 0 saturated carbocycles. The molecular formula is C5H12N2O. The zero-order valence-electron chi connectivity index (χ0n) is 5.09. The quantitative estimate of drug-likeness (QED) is 0.470. The Kier molecular flexibility index (Phi) is 1.83. The van der Waals surface area contributed by atoms with Gasteiger partial charge in [-0.3, -0.25) is 4.90 Å². The highest BCUT2D eigenvalue weighted by Crippen LogP contribution is 1.95. The van der Waals surface area contributed by atoms with Crippen LogP contribution in [0.5, 0.6) is 0 Å². The molecule has 0 spiro atoms. The minimum absolute atomic E-state index is 0.287. The van der Waals surface area contributed by atoms with Gasteiger partial charge in [0.25, 0.3) is 0 Å². The van der Waals surface area contributed by atoms with Crippen LogP contribution in [0.3, 0.4) is 0 Å². The van der Waals surface area contributed by atoms with E-state index in [1.807, 2.05) is 4.90 Å². The van der Waals surface area contributed by atoms with Gasteiger partial charge in [0.2, 0.25) is 0 Å². The summed E-state index contributed by atoms with van der Waals surface area (Å²) >= 11 is 0. The van der Waals surface area contributed by atoms with Crippen molar-refractivity contribution in [1.29, 1.82) is 0 Å². The number of aliphatic hydroxyl groups is 1. The summed E-state index contributed by atoms with van der Waals surface area (Å²) < 4.78 is 0. The van der Waals surface area contributed by atoms with Gasteiger partial charge in [-0.2, -0.15) is 0 Å². The Labute approximate surface area is 49.3 Å². The summed E-state index contributed by atoms with van der Waals surface area (Å²) in [5.74, 6) is 0. The average molecular weight is 116 g/mol. The summed E-state index contributed by atoms with van der Waals surface area (Å²) in [6, 6.07) is 0. The van der Waals surface area contributed by atoms with E-state index in [-0.39, 0.29) is 6.23 Å². The molecule has 0 radical (unpaired) electrons. The molecule has 2 N–H and O–H groups in total. The van der Waals surface area contributed by atoms with Gasteiger partial charge < -0.3 is 10.4 Å².